The van der Waals surface area contributed by atoms with E-state index in [1.54, 1.807) is 25.3 Å². The highest BCUT2D eigenvalue weighted by Gasteiger charge is 2.24. The fourth-order valence-corrected chi connectivity index (χ4v) is 3.91. The summed E-state index contributed by atoms with van der Waals surface area (Å²) in [6.45, 7) is 2.26. The minimum absolute atomic E-state index is 0.0663. The first-order valence-corrected chi connectivity index (χ1v) is 7.40. The van der Waals surface area contributed by atoms with E-state index in [0.717, 1.165) is 6.42 Å². The third-order valence-electron chi connectivity index (χ3n) is 3.60. The predicted octanol–water partition coefficient (Wildman–Crippen LogP) is 2.80. The summed E-state index contributed by atoms with van der Waals surface area (Å²) in [5.74, 6) is 0.473. The van der Waals surface area contributed by atoms with Crippen LogP contribution in [0.4, 0.5) is 11.5 Å². The van der Waals surface area contributed by atoms with Crippen LogP contribution in [0.5, 0.6) is 0 Å². The van der Waals surface area contributed by atoms with E-state index in [4.69, 9.17) is 0 Å². The Balaban J connectivity index is 1.79. The van der Waals surface area contributed by atoms with E-state index >= 15 is 0 Å². The summed E-state index contributed by atoms with van der Waals surface area (Å²) in [4.78, 5) is 13.4. The van der Waals surface area contributed by atoms with Crippen LogP contribution in [0.25, 0.3) is 0 Å². The Morgan fingerprint density at radius 2 is 2.35 bits per heavy atom. The molecule has 106 valence electrons. The average molecular weight is 292 g/mol. The second-order valence-corrected chi connectivity index (χ2v) is 6.25. The Kier molecular flexibility index (Phi) is 3.21. The van der Waals surface area contributed by atoms with Crippen molar-refractivity contribution in [1.82, 2.24) is 9.78 Å². The van der Waals surface area contributed by atoms with E-state index in [2.05, 4.69) is 16.5 Å². The summed E-state index contributed by atoms with van der Waals surface area (Å²) in [5.41, 5.74) is 1.95. The molecule has 7 heteroatoms. The molecule has 1 aliphatic rings. The average Bonchev–Trinajstić information content (AvgIpc) is 2.99. The Bertz CT molecular complexity index is 653. The van der Waals surface area contributed by atoms with Crippen molar-refractivity contribution in [1.29, 1.82) is 0 Å². The molecule has 1 aliphatic carbocycles. The van der Waals surface area contributed by atoms with Gasteiger partial charge in [0.1, 0.15) is 5.69 Å². The fourth-order valence-electron chi connectivity index (χ4n) is 2.71. The van der Waals surface area contributed by atoms with Crippen molar-refractivity contribution < 1.29 is 4.92 Å². The highest BCUT2D eigenvalue weighted by molar-refractivity contribution is 7.12. The van der Waals surface area contributed by atoms with Gasteiger partial charge in [0, 0.05) is 16.8 Å². The number of rotatable bonds is 4. The number of hydrogen-bond acceptors (Lipinski definition) is 5. The number of nitrogens with one attached hydrogen (secondary N) is 1. The number of nitro groups is 1. The molecule has 0 unspecified atom stereocenters. The maximum atomic E-state index is 11.1. The van der Waals surface area contributed by atoms with Crippen LogP contribution in [0, 0.1) is 17.0 Å². The van der Waals surface area contributed by atoms with Crippen molar-refractivity contribution in [2.75, 3.05) is 5.32 Å². The summed E-state index contributed by atoms with van der Waals surface area (Å²) in [7, 11) is 1.72. The molecule has 0 aliphatic heterocycles. The van der Waals surface area contributed by atoms with Crippen LogP contribution in [0.2, 0.25) is 0 Å². The largest absolute Gasteiger partial charge is 0.360 e. The molecule has 0 saturated heterocycles. The Labute approximate surface area is 120 Å². The molecule has 0 saturated carbocycles. The molecular weight excluding hydrogens is 276 g/mol. The molecule has 1 N–H and O–H groups in total. The van der Waals surface area contributed by atoms with Crippen LogP contribution in [-0.4, -0.2) is 14.7 Å². The minimum atomic E-state index is -0.376. The molecule has 2 aromatic rings. The molecule has 2 aromatic heterocycles. The topological polar surface area (TPSA) is 73.0 Å². The van der Waals surface area contributed by atoms with E-state index < -0.39 is 0 Å². The minimum Gasteiger partial charge on any atom is -0.360 e. The summed E-state index contributed by atoms with van der Waals surface area (Å²) < 4.78 is 1.54. The van der Waals surface area contributed by atoms with Gasteiger partial charge in [-0.25, -0.2) is 4.68 Å². The summed E-state index contributed by atoms with van der Waals surface area (Å²) in [6, 6.07) is 2.22. The monoisotopic (exact) mass is 292 g/mol. The van der Waals surface area contributed by atoms with Gasteiger partial charge in [-0.05, 0) is 37.8 Å². The zero-order valence-corrected chi connectivity index (χ0v) is 12.3. The third kappa shape index (κ3) is 2.18. The van der Waals surface area contributed by atoms with Gasteiger partial charge in [-0.1, -0.05) is 0 Å². The molecule has 0 radical (unpaired) electrons. The van der Waals surface area contributed by atoms with E-state index in [0.29, 0.717) is 18.1 Å². The second kappa shape index (κ2) is 4.90. The van der Waals surface area contributed by atoms with E-state index in [-0.39, 0.29) is 10.6 Å². The van der Waals surface area contributed by atoms with Crippen LogP contribution < -0.4 is 5.32 Å². The highest BCUT2D eigenvalue weighted by atomic mass is 32.1. The smallest absolute Gasteiger partial charge is 0.333 e. The van der Waals surface area contributed by atoms with Gasteiger partial charge < -0.3 is 5.32 Å². The Morgan fingerprint density at radius 3 is 3.05 bits per heavy atom. The lowest BCUT2D eigenvalue weighted by Crippen LogP contribution is -2.05. The summed E-state index contributed by atoms with van der Waals surface area (Å²) in [5, 5.41) is 18.4. The van der Waals surface area contributed by atoms with Gasteiger partial charge in [-0.3, -0.25) is 10.1 Å². The zero-order chi connectivity index (χ0) is 14.3. The summed E-state index contributed by atoms with van der Waals surface area (Å²) >= 11 is 1.81. The number of hydrogen-bond donors (Lipinski definition) is 1. The van der Waals surface area contributed by atoms with Gasteiger partial charge >= 0.3 is 5.69 Å². The summed E-state index contributed by atoms with van der Waals surface area (Å²) in [6.07, 6.45) is 3.59. The number of nitrogens with zero attached hydrogens (tertiary/aromatic N) is 3. The van der Waals surface area contributed by atoms with Crippen molar-refractivity contribution >= 4 is 22.8 Å². The normalized spacial score (nSPS) is 13.5. The van der Waals surface area contributed by atoms with Gasteiger partial charge in [-0.2, -0.15) is 5.10 Å². The van der Waals surface area contributed by atoms with Crippen LogP contribution in [0.1, 0.15) is 27.4 Å². The maximum absolute atomic E-state index is 11.1. The van der Waals surface area contributed by atoms with Gasteiger partial charge in [0.25, 0.3) is 0 Å². The van der Waals surface area contributed by atoms with Crippen LogP contribution >= 0.6 is 11.3 Å². The molecule has 0 atom stereocenters. The molecule has 6 nitrogen and oxygen atoms in total. The SMILES string of the molecule is Cc1nn(C)c(NCc2cc3c(s2)CCC3)c1[N+](=O)[O-]. The molecule has 3 rings (SSSR count). The lowest BCUT2D eigenvalue weighted by molar-refractivity contribution is -0.384. The van der Waals surface area contributed by atoms with Crippen LogP contribution in [0.15, 0.2) is 6.07 Å². The number of thiophene rings is 1. The van der Waals surface area contributed by atoms with Crippen molar-refractivity contribution in [3.05, 3.63) is 37.2 Å². The number of fused-ring (bicyclic) bond motifs is 1. The lowest BCUT2D eigenvalue weighted by Gasteiger charge is -2.04. The van der Waals surface area contributed by atoms with Gasteiger partial charge in [0.05, 0.1) is 11.5 Å². The molecule has 0 amide bonds. The number of aryl methyl sites for hydroxylation is 4. The Morgan fingerprint density at radius 1 is 1.55 bits per heavy atom. The van der Waals surface area contributed by atoms with Crippen LogP contribution in [0.3, 0.4) is 0 Å². The third-order valence-corrected chi connectivity index (χ3v) is 4.84. The van der Waals surface area contributed by atoms with E-state index in [1.807, 2.05) is 0 Å². The first-order valence-electron chi connectivity index (χ1n) is 6.58. The standard InChI is InChI=1S/C13H16N4O2S/c1-8-12(17(18)19)13(16(2)15-8)14-7-10-6-9-4-3-5-11(9)20-10/h6,14H,3-5,7H2,1-2H3. The lowest BCUT2D eigenvalue weighted by atomic mass is 10.2. The molecular formula is C13H16N4O2S. The molecule has 20 heavy (non-hydrogen) atoms. The molecule has 2 heterocycles. The maximum Gasteiger partial charge on any atom is 0.333 e. The van der Waals surface area contributed by atoms with Crippen molar-refractivity contribution in [3.8, 4) is 0 Å². The molecule has 0 spiro atoms. The Hall–Kier alpha value is -1.89. The first kappa shape index (κ1) is 13.1. The van der Waals surface area contributed by atoms with Gasteiger partial charge in [0.15, 0.2) is 0 Å². The van der Waals surface area contributed by atoms with Crippen molar-refractivity contribution in [3.63, 3.8) is 0 Å². The first-order chi connectivity index (χ1) is 9.56. The number of aromatic nitrogens is 2. The van der Waals surface area contributed by atoms with Crippen molar-refractivity contribution in [2.45, 2.75) is 32.7 Å². The molecule has 0 aromatic carbocycles. The van der Waals surface area contributed by atoms with Crippen molar-refractivity contribution in [2.24, 2.45) is 7.05 Å². The molecule has 0 fully saturated rings. The zero-order valence-electron chi connectivity index (χ0n) is 11.5. The van der Waals surface area contributed by atoms with Gasteiger partial charge in [0.2, 0.25) is 5.82 Å². The highest BCUT2D eigenvalue weighted by Crippen LogP contribution is 2.32. The number of anilines is 1. The molecule has 0 bridgehead atoms. The van der Waals surface area contributed by atoms with Gasteiger partial charge in [-0.15, -0.1) is 11.3 Å². The quantitative estimate of drug-likeness (QED) is 0.694. The second-order valence-electron chi connectivity index (χ2n) is 5.03. The fraction of sp³-hybridized carbons (Fsp3) is 0.462. The van der Waals surface area contributed by atoms with E-state index in [9.17, 15) is 10.1 Å². The van der Waals surface area contributed by atoms with E-state index in [1.165, 1.54) is 32.8 Å². The predicted molar refractivity (Wildman–Crippen MR) is 78.3 cm³/mol. The van der Waals surface area contributed by atoms with Crippen LogP contribution in [-0.2, 0) is 26.4 Å².